The van der Waals surface area contributed by atoms with Crippen molar-refractivity contribution in [3.63, 3.8) is 0 Å². The van der Waals surface area contributed by atoms with Crippen molar-refractivity contribution < 1.29 is 19.1 Å². The van der Waals surface area contributed by atoms with E-state index in [1.165, 1.54) is 39.1 Å². The molecule has 194 valence electrons. The lowest BCUT2D eigenvalue weighted by molar-refractivity contribution is -0.140. The second kappa shape index (κ2) is 9.41. The van der Waals surface area contributed by atoms with Crippen LogP contribution in [0.5, 0.6) is 5.75 Å². The molecule has 3 aromatic rings. The lowest BCUT2D eigenvalue weighted by Gasteiger charge is -2.45. The number of thiazole rings is 1. The molecule has 2 aliphatic heterocycles. The Balaban J connectivity index is 1.60. The van der Waals surface area contributed by atoms with Gasteiger partial charge in [-0.05, 0) is 51.3 Å². The molecular formula is C27H29FN4O4S. The van der Waals surface area contributed by atoms with Crippen LogP contribution in [0.15, 0.2) is 41.5 Å². The molecule has 37 heavy (non-hydrogen) atoms. The third kappa shape index (κ3) is 4.33. The summed E-state index contributed by atoms with van der Waals surface area (Å²) in [7, 11) is 0. The van der Waals surface area contributed by atoms with Crippen LogP contribution < -0.4 is 5.43 Å². The summed E-state index contributed by atoms with van der Waals surface area (Å²) in [6.45, 7) is 6.84. The third-order valence-electron chi connectivity index (χ3n) is 7.21. The number of carbonyl (C=O) groups excluding carboxylic acids is 2. The SMILES string of the molecule is CC(C)N1CC(C)(C(=O)N2CCCC2)n2cc(-c3ncc(Cc4ccc(F)cc4)s3)c(=O)c(O)c2C1=O. The molecule has 0 aliphatic carbocycles. The predicted octanol–water partition coefficient (Wildman–Crippen LogP) is 3.61. The minimum Gasteiger partial charge on any atom is -0.503 e. The highest BCUT2D eigenvalue weighted by Crippen LogP contribution is 2.36. The van der Waals surface area contributed by atoms with Gasteiger partial charge < -0.3 is 19.5 Å². The molecule has 1 aromatic carbocycles. The summed E-state index contributed by atoms with van der Waals surface area (Å²) in [5.74, 6) is -1.62. The Kier molecular flexibility index (Phi) is 6.39. The summed E-state index contributed by atoms with van der Waals surface area (Å²) in [4.78, 5) is 49.1. The van der Waals surface area contributed by atoms with Gasteiger partial charge in [0.05, 0.1) is 12.1 Å². The van der Waals surface area contributed by atoms with Crippen LogP contribution in [0.3, 0.4) is 0 Å². The van der Waals surface area contributed by atoms with Gasteiger partial charge in [-0.3, -0.25) is 14.4 Å². The van der Waals surface area contributed by atoms with Crippen LogP contribution in [0, 0.1) is 5.82 Å². The van der Waals surface area contributed by atoms with Crippen LogP contribution in [-0.4, -0.2) is 61.9 Å². The normalized spacial score (nSPS) is 19.5. The number of carbonyl (C=O) groups is 2. The monoisotopic (exact) mass is 524 g/mol. The lowest BCUT2D eigenvalue weighted by atomic mass is 9.92. The number of nitrogens with zero attached hydrogens (tertiary/aromatic N) is 4. The first-order valence-corrected chi connectivity index (χ1v) is 13.2. The topological polar surface area (TPSA) is 95.7 Å². The number of hydrogen-bond acceptors (Lipinski definition) is 6. The van der Waals surface area contributed by atoms with E-state index in [0.29, 0.717) is 24.5 Å². The standard InChI is InChI=1S/C27H29FN4O4S/c1-16(2)31-15-27(3,26(36)30-10-4-5-11-30)32-14-20(22(33)23(34)21(32)25(31)35)24-29-13-19(37-24)12-17-6-8-18(28)9-7-17/h6-9,13-14,16,34H,4-5,10-12,15H2,1-3H3. The fraction of sp³-hybridized carbons (Fsp3) is 0.407. The van der Waals surface area contributed by atoms with Crippen molar-refractivity contribution in [2.45, 2.75) is 51.6 Å². The van der Waals surface area contributed by atoms with Crippen LogP contribution in [0.25, 0.3) is 10.6 Å². The molecule has 0 spiro atoms. The van der Waals surface area contributed by atoms with Gasteiger partial charge in [0.1, 0.15) is 16.4 Å². The first-order valence-electron chi connectivity index (χ1n) is 12.4. The molecule has 1 saturated heterocycles. The third-order valence-corrected chi connectivity index (χ3v) is 8.24. The molecule has 2 aliphatic rings. The van der Waals surface area contributed by atoms with Crippen molar-refractivity contribution in [1.29, 1.82) is 0 Å². The zero-order chi connectivity index (χ0) is 26.5. The maximum absolute atomic E-state index is 13.8. The Morgan fingerprint density at radius 1 is 1.19 bits per heavy atom. The van der Waals surface area contributed by atoms with Gasteiger partial charge in [0.25, 0.3) is 5.91 Å². The Bertz CT molecular complexity index is 1430. The smallest absolute Gasteiger partial charge is 0.274 e. The molecule has 1 atom stereocenters. The van der Waals surface area contributed by atoms with E-state index in [2.05, 4.69) is 4.98 Å². The molecule has 0 radical (unpaired) electrons. The number of fused-ring (bicyclic) bond motifs is 1. The Hall–Kier alpha value is -3.53. The molecule has 1 fully saturated rings. The van der Waals surface area contributed by atoms with E-state index in [4.69, 9.17) is 0 Å². The minimum absolute atomic E-state index is 0.126. The van der Waals surface area contributed by atoms with Gasteiger partial charge in [0, 0.05) is 42.8 Å². The van der Waals surface area contributed by atoms with Gasteiger partial charge in [0.15, 0.2) is 11.4 Å². The predicted molar refractivity (Wildman–Crippen MR) is 138 cm³/mol. The van der Waals surface area contributed by atoms with E-state index in [-0.39, 0.29) is 35.6 Å². The molecular weight excluding hydrogens is 495 g/mol. The van der Waals surface area contributed by atoms with E-state index in [9.17, 15) is 23.9 Å². The summed E-state index contributed by atoms with van der Waals surface area (Å²) in [6.07, 6.45) is 5.48. The number of benzene rings is 1. The fourth-order valence-corrected chi connectivity index (χ4v) is 6.08. The van der Waals surface area contributed by atoms with Crippen LogP contribution >= 0.6 is 11.3 Å². The molecule has 2 aromatic heterocycles. The Morgan fingerprint density at radius 3 is 2.51 bits per heavy atom. The van der Waals surface area contributed by atoms with Crippen LogP contribution in [0.1, 0.15) is 54.5 Å². The van der Waals surface area contributed by atoms with E-state index in [1.807, 2.05) is 13.8 Å². The summed E-state index contributed by atoms with van der Waals surface area (Å²) in [5, 5.41) is 11.4. The van der Waals surface area contributed by atoms with Crippen molar-refractivity contribution in [2.75, 3.05) is 19.6 Å². The maximum atomic E-state index is 13.8. The second-order valence-corrected chi connectivity index (χ2v) is 11.3. The number of amides is 2. The highest BCUT2D eigenvalue weighted by molar-refractivity contribution is 7.15. The zero-order valence-corrected chi connectivity index (χ0v) is 21.8. The Morgan fingerprint density at radius 2 is 1.86 bits per heavy atom. The maximum Gasteiger partial charge on any atom is 0.274 e. The average molecular weight is 525 g/mol. The average Bonchev–Trinajstić information content (AvgIpc) is 3.56. The summed E-state index contributed by atoms with van der Waals surface area (Å²) < 4.78 is 14.7. The van der Waals surface area contributed by atoms with Crippen LogP contribution in [0.4, 0.5) is 4.39 Å². The number of aromatic hydroxyl groups is 1. The highest BCUT2D eigenvalue weighted by Gasteiger charge is 2.49. The Labute approximate surface area is 218 Å². The number of halogens is 1. The number of aromatic nitrogens is 2. The molecule has 10 heteroatoms. The summed E-state index contributed by atoms with van der Waals surface area (Å²) >= 11 is 1.28. The van der Waals surface area contributed by atoms with Gasteiger partial charge in [-0.15, -0.1) is 11.3 Å². The summed E-state index contributed by atoms with van der Waals surface area (Å²) in [6, 6.07) is 5.93. The van der Waals surface area contributed by atoms with Crippen molar-refractivity contribution in [3.05, 3.63) is 68.8 Å². The second-order valence-electron chi connectivity index (χ2n) is 10.2. The van der Waals surface area contributed by atoms with Crippen LogP contribution in [-0.2, 0) is 16.8 Å². The van der Waals surface area contributed by atoms with Crippen LogP contribution in [0.2, 0.25) is 0 Å². The van der Waals surface area contributed by atoms with Gasteiger partial charge in [-0.1, -0.05) is 12.1 Å². The fourth-order valence-electron chi connectivity index (χ4n) is 5.13. The number of likely N-dealkylation sites (tertiary alicyclic amines) is 1. The summed E-state index contributed by atoms with van der Waals surface area (Å²) in [5.41, 5.74) is -1.06. The molecule has 1 unspecified atom stereocenters. The molecule has 5 rings (SSSR count). The minimum atomic E-state index is -1.20. The highest BCUT2D eigenvalue weighted by atomic mass is 32.1. The largest absolute Gasteiger partial charge is 0.503 e. The van der Waals surface area contributed by atoms with Crippen molar-refractivity contribution in [2.24, 2.45) is 0 Å². The van der Waals surface area contributed by atoms with Gasteiger partial charge in [0.2, 0.25) is 11.3 Å². The van der Waals surface area contributed by atoms with E-state index in [1.54, 1.807) is 30.2 Å². The van der Waals surface area contributed by atoms with Gasteiger partial charge >= 0.3 is 0 Å². The van der Waals surface area contributed by atoms with E-state index >= 15 is 0 Å². The van der Waals surface area contributed by atoms with Crippen molar-refractivity contribution in [3.8, 4) is 16.3 Å². The van der Waals surface area contributed by atoms with Gasteiger partial charge in [-0.2, -0.15) is 0 Å². The zero-order valence-electron chi connectivity index (χ0n) is 21.0. The molecule has 4 heterocycles. The van der Waals surface area contributed by atoms with E-state index < -0.39 is 22.6 Å². The molecule has 2 amide bonds. The first-order chi connectivity index (χ1) is 17.6. The quantitative estimate of drug-likeness (QED) is 0.550. The van der Waals surface area contributed by atoms with E-state index in [0.717, 1.165) is 23.3 Å². The number of rotatable bonds is 5. The molecule has 0 bridgehead atoms. The molecule has 0 saturated carbocycles. The lowest BCUT2D eigenvalue weighted by Crippen LogP contribution is -2.61. The number of hydrogen-bond donors (Lipinski definition) is 1. The number of pyridine rings is 1. The first kappa shape index (κ1) is 25.1. The molecule has 1 N–H and O–H groups in total. The van der Waals surface area contributed by atoms with Gasteiger partial charge in [-0.25, -0.2) is 9.37 Å². The molecule has 8 nitrogen and oxygen atoms in total. The van der Waals surface area contributed by atoms with Crippen molar-refractivity contribution in [1.82, 2.24) is 19.4 Å². The van der Waals surface area contributed by atoms with Crippen molar-refractivity contribution >= 4 is 23.2 Å².